The van der Waals surface area contributed by atoms with E-state index in [0.717, 1.165) is 44.8 Å². The van der Waals surface area contributed by atoms with Crippen molar-refractivity contribution in [2.45, 2.75) is 33.4 Å². The summed E-state index contributed by atoms with van der Waals surface area (Å²) in [6, 6.07) is 23.1. The van der Waals surface area contributed by atoms with Gasteiger partial charge in [0.2, 0.25) is 5.82 Å². The average Bonchev–Trinajstić information content (AvgIpc) is 3.36. The molecule has 1 unspecified atom stereocenters. The maximum Gasteiger partial charge on any atom is 0.322 e. The fraction of sp³-hybridized carbons (Fsp3) is 0.207. The lowest BCUT2D eigenvalue weighted by Crippen LogP contribution is -2.45. The number of ether oxygens (including phenoxy) is 1. The van der Waals surface area contributed by atoms with Gasteiger partial charge in [-0.15, -0.1) is 0 Å². The van der Waals surface area contributed by atoms with Crippen LogP contribution in [0.3, 0.4) is 0 Å². The van der Waals surface area contributed by atoms with Gasteiger partial charge in [0, 0.05) is 11.3 Å². The van der Waals surface area contributed by atoms with Crippen LogP contribution in [0.4, 0.5) is 4.79 Å². The van der Waals surface area contributed by atoms with Crippen LogP contribution in [-0.2, 0) is 6.54 Å². The van der Waals surface area contributed by atoms with E-state index in [-0.39, 0.29) is 6.03 Å². The minimum atomic E-state index is -0.420. The molecule has 0 radical (unpaired) electrons. The van der Waals surface area contributed by atoms with Crippen molar-refractivity contribution in [2.75, 3.05) is 7.11 Å². The molecule has 0 spiro atoms. The Labute approximate surface area is 210 Å². The summed E-state index contributed by atoms with van der Waals surface area (Å²) >= 11 is 0. The second-order valence-electron chi connectivity index (χ2n) is 9.02. The van der Waals surface area contributed by atoms with Gasteiger partial charge in [-0.05, 0) is 56.2 Å². The third-order valence-corrected chi connectivity index (χ3v) is 6.43. The maximum absolute atomic E-state index is 13.3. The number of benzene rings is 3. The summed E-state index contributed by atoms with van der Waals surface area (Å²) in [7, 11) is 1.63. The molecule has 0 fully saturated rings. The van der Waals surface area contributed by atoms with Gasteiger partial charge in [-0.1, -0.05) is 64.8 Å². The fourth-order valence-electron chi connectivity index (χ4n) is 4.44. The molecule has 4 aromatic rings. The monoisotopic (exact) mass is 480 g/mol. The Bertz CT molecular complexity index is 1420. The number of allylic oxidation sites excluding steroid dienone is 1. The lowest BCUT2D eigenvalue weighted by Gasteiger charge is -2.35. The second-order valence-corrected chi connectivity index (χ2v) is 9.02. The number of carbonyl (C=O) groups excluding carboxylic acids is 1. The minimum absolute atomic E-state index is 0.168. The maximum atomic E-state index is 13.3. The van der Waals surface area contributed by atoms with E-state index >= 15 is 0 Å². The molecule has 2 amide bonds. The zero-order chi connectivity index (χ0) is 25.2. The van der Waals surface area contributed by atoms with Crippen LogP contribution in [0.2, 0.25) is 0 Å². The summed E-state index contributed by atoms with van der Waals surface area (Å²) in [5.41, 5.74) is 6.64. The number of methoxy groups -OCH3 is 1. The molecule has 1 aliphatic heterocycles. The van der Waals surface area contributed by atoms with Crippen LogP contribution in [0.1, 0.15) is 41.1 Å². The third-order valence-electron chi connectivity index (χ3n) is 6.43. The van der Waals surface area contributed by atoms with E-state index in [2.05, 4.69) is 16.5 Å². The van der Waals surface area contributed by atoms with Gasteiger partial charge in [-0.3, -0.25) is 4.90 Å². The number of aryl methyl sites for hydroxylation is 2. The molecule has 1 N–H and O–H groups in total. The van der Waals surface area contributed by atoms with Crippen LogP contribution < -0.4 is 10.1 Å². The molecule has 1 atom stereocenters. The minimum Gasteiger partial charge on any atom is -0.497 e. The van der Waals surface area contributed by atoms with Crippen LogP contribution in [0.15, 0.2) is 83.0 Å². The number of hydrogen-bond acceptors (Lipinski definition) is 5. The van der Waals surface area contributed by atoms with E-state index in [1.54, 1.807) is 12.0 Å². The van der Waals surface area contributed by atoms with Crippen LogP contribution in [0, 0.1) is 13.8 Å². The van der Waals surface area contributed by atoms with Gasteiger partial charge in [0.15, 0.2) is 0 Å². The highest BCUT2D eigenvalue weighted by atomic mass is 16.5. The van der Waals surface area contributed by atoms with Crippen molar-refractivity contribution in [1.82, 2.24) is 20.4 Å². The van der Waals surface area contributed by atoms with E-state index in [9.17, 15) is 4.79 Å². The topological polar surface area (TPSA) is 80.5 Å². The normalized spacial score (nSPS) is 15.7. The number of rotatable bonds is 6. The fourth-order valence-corrected chi connectivity index (χ4v) is 4.44. The Balaban J connectivity index is 1.58. The number of nitrogens with one attached hydrogen (secondary N) is 1. The van der Waals surface area contributed by atoms with E-state index in [1.807, 2.05) is 87.5 Å². The van der Waals surface area contributed by atoms with E-state index < -0.39 is 6.04 Å². The summed E-state index contributed by atoms with van der Waals surface area (Å²) in [5, 5.41) is 7.41. The summed E-state index contributed by atoms with van der Waals surface area (Å²) in [6.45, 7) is 6.44. The van der Waals surface area contributed by atoms with Crippen molar-refractivity contribution in [3.05, 3.63) is 107 Å². The average molecular weight is 481 g/mol. The summed E-state index contributed by atoms with van der Waals surface area (Å²) in [6.07, 6.45) is 0. The van der Waals surface area contributed by atoms with Gasteiger partial charge in [0.05, 0.1) is 25.3 Å². The van der Waals surface area contributed by atoms with Crippen molar-refractivity contribution in [2.24, 2.45) is 0 Å². The van der Waals surface area contributed by atoms with Gasteiger partial charge in [-0.25, -0.2) is 4.79 Å². The Hall–Kier alpha value is -4.39. The van der Waals surface area contributed by atoms with Crippen LogP contribution >= 0.6 is 0 Å². The first-order valence-corrected chi connectivity index (χ1v) is 11.8. The molecule has 1 aromatic heterocycles. The molecular weight excluding hydrogens is 452 g/mol. The molecule has 2 heterocycles. The molecule has 36 heavy (non-hydrogen) atoms. The molecule has 7 heteroatoms. The highest BCUT2D eigenvalue weighted by Crippen LogP contribution is 2.38. The highest BCUT2D eigenvalue weighted by molar-refractivity contribution is 5.86. The van der Waals surface area contributed by atoms with Gasteiger partial charge in [-0.2, -0.15) is 4.98 Å². The van der Waals surface area contributed by atoms with Crippen LogP contribution in [0.25, 0.3) is 17.0 Å². The number of aromatic nitrogens is 2. The lowest BCUT2D eigenvalue weighted by atomic mass is 9.94. The molecule has 182 valence electrons. The Morgan fingerprint density at radius 2 is 1.72 bits per heavy atom. The summed E-state index contributed by atoms with van der Waals surface area (Å²) in [4.78, 5) is 19.8. The van der Waals surface area contributed by atoms with E-state index in [1.165, 1.54) is 0 Å². The molecule has 0 bridgehead atoms. The van der Waals surface area contributed by atoms with E-state index in [0.29, 0.717) is 18.3 Å². The van der Waals surface area contributed by atoms with Gasteiger partial charge in [0.1, 0.15) is 5.75 Å². The Morgan fingerprint density at radius 3 is 2.42 bits per heavy atom. The van der Waals surface area contributed by atoms with Crippen LogP contribution in [-0.4, -0.2) is 28.2 Å². The number of carbonyl (C=O) groups is 1. The molecule has 0 saturated carbocycles. The lowest BCUT2D eigenvalue weighted by molar-refractivity contribution is 0.203. The SMILES string of the molecule is COc1ccc(-c2noc(C3=C(C)N(Cc4cccc(C)c4)C(=O)NC3c3ccc(C)cc3)n2)cc1. The number of urea groups is 1. The first kappa shape index (κ1) is 23.4. The molecule has 0 aliphatic carbocycles. The number of hydrogen-bond donors (Lipinski definition) is 1. The second kappa shape index (κ2) is 9.70. The number of nitrogens with zero attached hydrogens (tertiary/aromatic N) is 3. The Morgan fingerprint density at radius 1 is 0.972 bits per heavy atom. The smallest absolute Gasteiger partial charge is 0.322 e. The first-order valence-electron chi connectivity index (χ1n) is 11.8. The summed E-state index contributed by atoms with van der Waals surface area (Å²) < 4.78 is 11.0. The number of amides is 2. The molecule has 5 rings (SSSR count). The van der Waals surface area contributed by atoms with E-state index in [4.69, 9.17) is 14.2 Å². The molecule has 0 saturated heterocycles. The van der Waals surface area contributed by atoms with Crippen molar-refractivity contribution < 1.29 is 14.1 Å². The Kier molecular flexibility index (Phi) is 6.29. The third kappa shape index (κ3) is 4.60. The predicted octanol–water partition coefficient (Wildman–Crippen LogP) is 6.06. The zero-order valence-corrected chi connectivity index (χ0v) is 20.8. The summed E-state index contributed by atoms with van der Waals surface area (Å²) in [5.74, 6) is 1.60. The molecular formula is C29H28N4O3. The van der Waals surface area contributed by atoms with Gasteiger partial charge < -0.3 is 14.6 Å². The largest absolute Gasteiger partial charge is 0.497 e. The predicted molar refractivity (Wildman–Crippen MR) is 138 cm³/mol. The van der Waals surface area contributed by atoms with Crippen molar-refractivity contribution >= 4 is 11.6 Å². The van der Waals surface area contributed by atoms with Crippen molar-refractivity contribution in [3.63, 3.8) is 0 Å². The molecule has 1 aliphatic rings. The quantitative estimate of drug-likeness (QED) is 0.363. The molecule has 3 aromatic carbocycles. The first-order chi connectivity index (χ1) is 17.4. The van der Waals surface area contributed by atoms with Crippen molar-refractivity contribution in [3.8, 4) is 17.1 Å². The van der Waals surface area contributed by atoms with Crippen molar-refractivity contribution in [1.29, 1.82) is 0 Å². The molecule has 7 nitrogen and oxygen atoms in total. The highest BCUT2D eigenvalue weighted by Gasteiger charge is 2.35. The van der Waals surface area contributed by atoms with Gasteiger partial charge in [0.25, 0.3) is 5.89 Å². The standard InChI is InChI=1S/C29H28N4O3/c1-18-8-10-22(11-9-18)26-25(28-31-27(32-36-28)23-12-14-24(35-4)15-13-23)20(3)33(29(34)30-26)17-21-7-5-6-19(2)16-21/h5-16,26H,17H2,1-4H3,(H,30,34). The van der Waals surface area contributed by atoms with Gasteiger partial charge >= 0.3 is 6.03 Å². The van der Waals surface area contributed by atoms with Crippen LogP contribution in [0.5, 0.6) is 5.75 Å². The zero-order valence-electron chi connectivity index (χ0n) is 20.8.